The summed E-state index contributed by atoms with van der Waals surface area (Å²) in [7, 11) is 1.81. The summed E-state index contributed by atoms with van der Waals surface area (Å²) in [5, 5.41) is 13.4. The standard InChI is InChI=1S/C9H14ClN3O2S/c1-5-8(10)7(13(2)12-5)4-16-3-6(11)9(14)15/h6H,3-4,11H2,1-2H3,(H,14,15). The van der Waals surface area contributed by atoms with Gasteiger partial charge < -0.3 is 10.8 Å². The summed E-state index contributed by atoms with van der Waals surface area (Å²) in [4.78, 5) is 10.5. The minimum Gasteiger partial charge on any atom is -0.480 e. The molecule has 90 valence electrons. The van der Waals surface area contributed by atoms with Crippen LogP contribution in [0.1, 0.15) is 11.4 Å². The number of nitrogens with two attached hydrogens (primary N) is 1. The van der Waals surface area contributed by atoms with Crippen molar-refractivity contribution in [2.75, 3.05) is 5.75 Å². The Kier molecular flexibility index (Phi) is 4.64. The molecule has 1 aromatic heterocycles. The van der Waals surface area contributed by atoms with Gasteiger partial charge in [0.2, 0.25) is 0 Å². The van der Waals surface area contributed by atoms with Gasteiger partial charge in [0.25, 0.3) is 0 Å². The molecular formula is C9H14ClN3O2S. The highest BCUT2D eigenvalue weighted by atomic mass is 35.5. The van der Waals surface area contributed by atoms with Gasteiger partial charge in [-0.05, 0) is 6.92 Å². The lowest BCUT2D eigenvalue weighted by Crippen LogP contribution is -2.32. The first-order valence-electron chi connectivity index (χ1n) is 4.67. The minimum absolute atomic E-state index is 0.357. The highest BCUT2D eigenvalue weighted by Crippen LogP contribution is 2.23. The molecule has 3 N–H and O–H groups in total. The molecule has 0 spiro atoms. The SMILES string of the molecule is Cc1nn(C)c(CSCC(N)C(=O)O)c1Cl. The third-order valence-corrected chi connectivity index (χ3v) is 3.68. The molecule has 0 aromatic carbocycles. The third-order valence-electron chi connectivity index (χ3n) is 2.12. The molecule has 16 heavy (non-hydrogen) atoms. The van der Waals surface area contributed by atoms with Crippen molar-refractivity contribution in [2.45, 2.75) is 18.7 Å². The first-order valence-corrected chi connectivity index (χ1v) is 6.20. The van der Waals surface area contributed by atoms with Crippen molar-refractivity contribution >= 4 is 29.3 Å². The number of rotatable bonds is 5. The molecule has 5 nitrogen and oxygen atoms in total. The van der Waals surface area contributed by atoms with Crippen molar-refractivity contribution in [3.63, 3.8) is 0 Å². The minimum atomic E-state index is -0.986. The Labute approximate surface area is 103 Å². The summed E-state index contributed by atoms with van der Waals surface area (Å²) in [6, 6.07) is -0.835. The molecule has 1 unspecified atom stereocenters. The molecule has 0 amide bonds. The van der Waals surface area contributed by atoms with E-state index >= 15 is 0 Å². The Morgan fingerprint density at radius 2 is 2.38 bits per heavy atom. The van der Waals surface area contributed by atoms with Crippen LogP contribution in [-0.2, 0) is 17.6 Å². The lowest BCUT2D eigenvalue weighted by Gasteiger charge is -2.06. The summed E-state index contributed by atoms with van der Waals surface area (Å²) < 4.78 is 1.71. The monoisotopic (exact) mass is 263 g/mol. The highest BCUT2D eigenvalue weighted by molar-refractivity contribution is 7.98. The molecule has 0 saturated heterocycles. The third kappa shape index (κ3) is 3.13. The number of aliphatic carboxylic acids is 1. The van der Waals surface area contributed by atoms with Crippen LogP contribution in [0.25, 0.3) is 0 Å². The Morgan fingerprint density at radius 3 is 2.81 bits per heavy atom. The number of carboxylic acids is 1. The van der Waals surface area contributed by atoms with Crippen molar-refractivity contribution < 1.29 is 9.90 Å². The molecule has 0 aliphatic carbocycles. The summed E-state index contributed by atoms with van der Waals surface area (Å²) in [6.45, 7) is 1.83. The number of thioether (sulfide) groups is 1. The molecule has 1 rings (SSSR count). The molecule has 7 heteroatoms. The molecule has 0 aliphatic heterocycles. The molecule has 1 heterocycles. The van der Waals surface area contributed by atoms with Gasteiger partial charge in [0.1, 0.15) is 6.04 Å². The van der Waals surface area contributed by atoms with Crippen molar-refractivity contribution in [3.8, 4) is 0 Å². The first-order chi connectivity index (χ1) is 7.43. The molecule has 0 bridgehead atoms. The van der Waals surface area contributed by atoms with E-state index in [0.29, 0.717) is 16.5 Å². The number of nitrogens with zero attached hydrogens (tertiary/aromatic N) is 2. The van der Waals surface area contributed by atoms with Crippen LogP contribution in [0.15, 0.2) is 0 Å². The number of carbonyl (C=O) groups is 1. The first kappa shape index (κ1) is 13.3. The summed E-state index contributed by atoms with van der Waals surface area (Å²) in [5.74, 6) is -0.0210. The van der Waals surface area contributed by atoms with E-state index in [4.69, 9.17) is 22.4 Å². The smallest absolute Gasteiger partial charge is 0.321 e. The number of aromatic nitrogens is 2. The van der Waals surface area contributed by atoms with Gasteiger partial charge >= 0.3 is 5.97 Å². The zero-order chi connectivity index (χ0) is 12.3. The summed E-state index contributed by atoms with van der Waals surface area (Å²) >= 11 is 7.48. The molecule has 0 radical (unpaired) electrons. The predicted molar refractivity (Wildman–Crippen MR) is 64.7 cm³/mol. The Bertz CT molecular complexity index is 394. The number of hydrogen-bond donors (Lipinski definition) is 2. The number of aryl methyl sites for hydroxylation is 2. The van der Waals surface area contributed by atoms with Gasteiger partial charge in [-0.3, -0.25) is 9.48 Å². The van der Waals surface area contributed by atoms with E-state index in [0.717, 1.165) is 11.4 Å². The van der Waals surface area contributed by atoms with Crippen LogP contribution in [0.2, 0.25) is 5.02 Å². The van der Waals surface area contributed by atoms with Gasteiger partial charge in [0, 0.05) is 18.6 Å². The average Bonchev–Trinajstić information content (AvgIpc) is 2.44. The van der Waals surface area contributed by atoms with Crippen LogP contribution in [0.3, 0.4) is 0 Å². The molecule has 1 aromatic rings. The lowest BCUT2D eigenvalue weighted by molar-refractivity contribution is -0.137. The maximum Gasteiger partial charge on any atom is 0.321 e. The van der Waals surface area contributed by atoms with E-state index in [-0.39, 0.29) is 0 Å². The maximum absolute atomic E-state index is 10.5. The number of halogens is 1. The van der Waals surface area contributed by atoms with Gasteiger partial charge in [0.15, 0.2) is 0 Å². The van der Waals surface area contributed by atoms with Gasteiger partial charge in [-0.2, -0.15) is 16.9 Å². The van der Waals surface area contributed by atoms with Crippen LogP contribution in [0, 0.1) is 6.92 Å². The van der Waals surface area contributed by atoms with Crippen molar-refractivity contribution in [3.05, 3.63) is 16.4 Å². The largest absolute Gasteiger partial charge is 0.480 e. The van der Waals surface area contributed by atoms with Crippen LogP contribution in [-0.4, -0.2) is 32.7 Å². The zero-order valence-electron chi connectivity index (χ0n) is 9.11. The van der Waals surface area contributed by atoms with Gasteiger partial charge in [-0.15, -0.1) is 0 Å². The van der Waals surface area contributed by atoms with Gasteiger partial charge in [-0.25, -0.2) is 0 Å². The van der Waals surface area contributed by atoms with E-state index < -0.39 is 12.0 Å². The normalized spacial score (nSPS) is 12.8. The summed E-state index contributed by atoms with van der Waals surface area (Å²) in [5.41, 5.74) is 7.06. The lowest BCUT2D eigenvalue weighted by atomic mass is 10.4. The predicted octanol–water partition coefficient (Wildman–Crippen LogP) is 1.03. The van der Waals surface area contributed by atoms with E-state index in [1.165, 1.54) is 11.8 Å². The van der Waals surface area contributed by atoms with Crippen molar-refractivity contribution in [2.24, 2.45) is 12.8 Å². The van der Waals surface area contributed by atoms with Gasteiger partial charge in [-0.1, -0.05) is 11.6 Å². The number of hydrogen-bond acceptors (Lipinski definition) is 4. The fraction of sp³-hybridized carbons (Fsp3) is 0.556. The molecule has 0 saturated carbocycles. The van der Waals surface area contributed by atoms with Crippen molar-refractivity contribution in [1.82, 2.24) is 9.78 Å². The number of carboxylic acid groups (broad SMARTS) is 1. The van der Waals surface area contributed by atoms with E-state index in [9.17, 15) is 4.79 Å². The second-order valence-electron chi connectivity index (χ2n) is 3.43. The van der Waals surface area contributed by atoms with Crippen LogP contribution < -0.4 is 5.73 Å². The van der Waals surface area contributed by atoms with Crippen LogP contribution in [0.5, 0.6) is 0 Å². The Hall–Kier alpha value is -0.720. The van der Waals surface area contributed by atoms with E-state index in [1.54, 1.807) is 4.68 Å². The fourth-order valence-corrected chi connectivity index (χ4v) is 2.54. The fourth-order valence-electron chi connectivity index (χ4n) is 1.19. The Morgan fingerprint density at radius 1 is 1.75 bits per heavy atom. The maximum atomic E-state index is 10.5. The molecular weight excluding hydrogens is 250 g/mol. The zero-order valence-corrected chi connectivity index (χ0v) is 10.7. The molecule has 0 fully saturated rings. The van der Waals surface area contributed by atoms with E-state index in [1.807, 2.05) is 14.0 Å². The average molecular weight is 264 g/mol. The second kappa shape index (κ2) is 5.56. The molecule has 0 aliphatic rings. The summed E-state index contributed by atoms with van der Waals surface area (Å²) in [6.07, 6.45) is 0. The van der Waals surface area contributed by atoms with Crippen LogP contribution in [0.4, 0.5) is 0 Å². The molecule has 1 atom stereocenters. The van der Waals surface area contributed by atoms with E-state index in [2.05, 4.69) is 5.10 Å². The van der Waals surface area contributed by atoms with Crippen molar-refractivity contribution in [1.29, 1.82) is 0 Å². The van der Waals surface area contributed by atoms with Gasteiger partial charge in [0.05, 0.1) is 16.4 Å². The topological polar surface area (TPSA) is 81.1 Å². The highest BCUT2D eigenvalue weighted by Gasteiger charge is 2.14. The second-order valence-corrected chi connectivity index (χ2v) is 4.84. The Balaban J connectivity index is 2.52. The van der Waals surface area contributed by atoms with Crippen LogP contribution >= 0.6 is 23.4 Å². The quantitative estimate of drug-likeness (QED) is 0.829.